The van der Waals surface area contributed by atoms with Gasteiger partial charge in [-0.1, -0.05) is 6.08 Å². The monoisotopic (exact) mass is 168 g/mol. The molecule has 0 aliphatic carbocycles. The molecule has 1 N–H and O–H groups in total. The average molecular weight is 168 g/mol. The van der Waals surface area contributed by atoms with Crippen LogP contribution in [0.1, 0.15) is 6.42 Å². The van der Waals surface area contributed by atoms with Crippen LogP contribution in [-0.4, -0.2) is 53.7 Å². The first kappa shape index (κ1) is 8.08. The van der Waals surface area contributed by atoms with Gasteiger partial charge in [-0.05, 0) is 12.6 Å². The first-order chi connectivity index (χ1) is 5.90. The molecule has 0 aromatic carbocycles. The Bertz CT molecular complexity index is 181. The summed E-state index contributed by atoms with van der Waals surface area (Å²) in [6, 6.07) is 0.685. The zero-order valence-electron chi connectivity index (χ0n) is 7.32. The number of nitrogens with zero attached hydrogens (tertiary/aromatic N) is 2. The Kier molecular flexibility index (Phi) is 2.33. The summed E-state index contributed by atoms with van der Waals surface area (Å²) in [6.07, 6.45) is 5.63. The molecule has 0 amide bonds. The fourth-order valence-corrected chi connectivity index (χ4v) is 2.04. The summed E-state index contributed by atoms with van der Waals surface area (Å²) in [6.45, 7) is 4.47. The molecule has 3 heteroatoms. The molecule has 0 spiro atoms. The van der Waals surface area contributed by atoms with Crippen molar-refractivity contribution in [1.82, 2.24) is 9.80 Å². The van der Waals surface area contributed by atoms with Gasteiger partial charge in [-0.25, -0.2) is 0 Å². The number of rotatable bonds is 2. The van der Waals surface area contributed by atoms with Crippen molar-refractivity contribution in [2.24, 2.45) is 0 Å². The van der Waals surface area contributed by atoms with Crippen molar-refractivity contribution in [3.63, 3.8) is 0 Å². The first-order valence-corrected chi connectivity index (χ1v) is 4.66. The van der Waals surface area contributed by atoms with Crippen LogP contribution in [0.5, 0.6) is 0 Å². The molecule has 0 saturated carbocycles. The maximum absolute atomic E-state index is 8.79. The van der Waals surface area contributed by atoms with Gasteiger partial charge in [0.25, 0.3) is 0 Å². The molecule has 2 rings (SSSR count). The number of hydrogen-bond donors (Lipinski definition) is 1. The summed E-state index contributed by atoms with van der Waals surface area (Å²) in [7, 11) is 0. The fourth-order valence-electron chi connectivity index (χ4n) is 2.04. The zero-order valence-corrected chi connectivity index (χ0v) is 7.32. The second-order valence-corrected chi connectivity index (χ2v) is 3.54. The third kappa shape index (κ3) is 1.47. The summed E-state index contributed by atoms with van der Waals surface area (Å²) in [5.41, 5.74) is 0. The Morgan fingerprint density at radius 3 is 3.17 bits per heavy atom. The van der Waals surface area contributed by atoms with Gasteiger partial charge in [0, 0.05) is 32.2 Å². The molecule has 1 saturated heterocycles. The number of β-amino-alcohol motifs (C(OH)–C–C–N with tert-alkyl or cyclic N) is 1. The predicted molar refractivity (Wildman–Crippen MR) is 47.8 cm³/mol. The van der Waals surface area contributed by atoms with Gasteiger partial charge in [0.15, 0.2) is 0 Å². The third-order valence-electron chi connectivity index (χ3n) is 2.73. The van der Waals surface area contributed by atoms with E-state index >= 15 is 0 Å². The molecule has 1 atom stereocenters. The minimum absolute atomic E-state index is 0.292. The van der Waals surface area contributed by atoms with Gasteiger partial charge in [-0.3, -0.25) is 4.90 Å². The van der Waals surface area contributed by atoms with Crippen LogP contribution in [0.2, 0.25) is 0 Å². The van der Waals surface area contributed by atoms with Gasteiger partial charge in [-0.15, -0.1) is 0 Å². The number of aliphatic hydroxyl groups excluding tert-OH is 1. The van der Waals surface area contributed by atoms with Gasteiger partial charge in [-0.2, -0.15) is 0 Å². The molecule has 1 unspecified atom stereocenters. The fraction of sp³-hybridized carbons (Fsp3) is 0.778. The predicted octanol–water partition coefficient (Wildman–Crippen LogP) is -0.118. The normalized spacial score (nSPS) is 29.4. The van der Waals surface area contributed by atoms with Crippen molar-refractivity contribution in [2.75, 3.05) is 32.8 Å². The van der Waals surface area contributed by atoms with Crippen LogP contribution in [0, 0.1) is 0 Å². The lowest BCUT2D eigenvalue weighted by Gasteiger charge is -2.37. The Morgan fingerprint density at radius 1 is 1.42 bits per heavy atom. The number of aliphatic hydroxyl groups is 1. The van der Waals surface area contributed by atoms with Gasteiger partial charge >= 0.3 is 0 Å². The standard InChI is InChI=1S/C9H16N2O/c12-7-6-10-4-5-11-3-1-2-9(11)8-10/h1,3,9,12H,2,4-8H2. The Balaban J connectivity index is 1.86. The van der Waals surface area contributed by atoms with Gasteiger partial charge < -0.3 is 10.0 Å². The van der Waals surface area contributed by atoms with Crippen molar-refractivity contribution in [3.8, 4) is 0 Å². The molecular formula is C9H16N2O. The van der Waals surface area contributed by atoms with Crippen LogP contribution in [-0.2, 0) is 0 Å². The van der Waals surface area contributed by atoms with Crippen LogP contribution < -0.4 is 0 Å². The molecule has 0 radical (unpaired) electrons. The van der Waals surface area contributed by atoms with Crippen LogP contribution in [0.15, 0.2) is 12.3 Å². The van der Waals surface area contributed by atoms with E-state index in [-0.39, 0.29) is 0 Å². The van der Waals surface area contributed by atoms with Crippen molar-refractivity contribution >= 4 is 0 Å². The lowest BCUT2D eigenvalue weighted by atomic mass is 10.1. The lowest BCUT2D eigenvalue weighted by molar-refractivity contribution is 0.103. The molecule has 0 aromatic rings. The molecule has 2 heterocycles. The number of hydrogen-bond acceptors (Lipinski definition) is 3. The van der Waals surface area contributed by atoms with E-state index in [0.717, 1.165) is 26.2 Å². The summed E-state index contributed by atoms with van der Waals surface area (Å²) >= 11 is 0. The van der Waals surface area contributed by atoms with Gasteiger partial charge in [0.05, 0.1) is 6.61 Å². The van der Waals surface area contributed by atoms with E-state index in [4.69, 9.17) is 5.11 Å². The number of fused-ring (bicyclic) bond motifs is 1. The highest BCUT2D eigenvalue weighted by atomic mass is 16.3. The van der Waals surface area contributed by atoms with E-state index in [2.05, 4.69) is 22.1 Å². The molecule has 2 aliphatic heterocycles. The van der Waals surface area contributed by atoms with E-state index in [0.29, 0.717) is 12.6 Å². The number of piperazine rings is 1. The molecule has 68 valence electrons. The molecular weight excluding hydrogens is 152 g/mol. The van der Waals surface area contributed by atoms with E-state index in [1.165, 1.54) is 6.42 Å². The highest BCUT2D eigenvalue weighted by Crippen LogP contribution is 2.18. The second-order valence-electron chi connectivity index (χ2n) is 3.54. The van der Waals surface area contributed by atoms with Crippen molar-refractivity contribution in [2.45, 2.75) is 12.5 Å². The van der Waals surface area contributed by atoms with E-state index < -0.39 is 0 Å². The maximum atomic E-state index is 8.79. The molecule has 0 aromatic heterocycles. The SMILES string of the molecule is OCCN1CCN2C=CCC2C1. The van der Waals surface area contributed by atoms with Crippen molar-refractivity contribution in [1.29, 1.82) is 0 Å². The summed E-state index contributed by atoms with van der Waals surface area (Å²) in [5, 5.41) is 8.79. The largest absolute Gasteiger partial charge is 0.395 e. The lowest BCUT2D eigenvalue weighted by Crippen LogP contribution is -2.49. The van der Waals surface area contributed by atoms with Crippen molar-refractivity contribution < 1.29 is 5.11 Å². The van der Waals surface area contributed by atoms with Crippen LogP contribution >= 0.6 is 0 Å². The summed E-state index contributed by atoms with van der Waals surface area (Å²) in [4.78, 5) is 4.75. The van der Waals surface area contributed by atoms with Crippen molar-refractivity contribution in [3.05, 3.63) is 12.3 Å². The zero-order chi connectivity index (χ0) is 8.39. The molecule has 12 heavy (non-hydrogen) atoms. The van der Waals surface area contributed by atoms with Gasteiger partial charge in [0.2, 0.25) is 0 Å². The average Bonchev–Trinajstić information content (AvgIpc) is 2.51. The minimum Gasteiger partial charge on any atom is -0.395 e. The Labute approximate surface area is 73.3 Å². The summed E-state index contributed by atoms with van der Waals surface area (Å²) in [5.74, 6) is 0. The van der Waals surface area contributed by atoms with Gasteiger partial charge in [0.1, 0.15) is 0 Å². The van der Waals surface area contributed by atoms with Crippen LogP contribution in [0.4, 0.5) is 0 Å². The molecule has 1 fully saturated rings. The maximum Gasteiger partial charge on any atom is 0.0558 e. The molecule has 2 aliphatic rings. The Hall–Kier alpha value is -0.540. The third-order valence-corrected chi connectivity index (χ3v) is 2.73. The highest BCUT2D eigenvalue weighted by Gasteiger charge is 2.25. The van der Waals surface area contributed by atoms with E-state index in [1.807, 2.05) is 0 Å². The molecule has 3 nitrogen and oxygen atoms in total. The quantitative estimate of drug-likeness (QED) is 0.623. The topological polar surface area (TPSA) is 26.7 Å². The van der Waals surface area contributed by atoms with E-state index in [1.54, 1.807) is 0 Å². The summed E-state index contributed by atoms with van der Waals surface area (Å²) < 4.78 is 0. The van der Waals surface area contributed by atoms with E-state index in [9.17, 15) is 0 Å². The van der Waals surface area contributed by atoms with Crippen LogP contribution in [0.3, 0.4) is 0 Å². The Morgan fingerprint density at radius 2 is 2.33 bits per heavy atom. The van der Waals surface area contributed by atoms with Crippen LogP contribution in [0.25, 0.3) is 0 Å². The highest BCUT2D eigenvalue weighted by molar-refractivity contribution is 5.01. The smallest absolute Gasteiger partial charge is 0.0558 e. The first-order valence-electron chi connectivity index (χ1n) is 4.66. The molecule has 0 bridgehead atoms. The second kappa shape index (κ2) is 3.46. The minimum atomic E-state index is 0.292.